The number of thioether (sulfide) groups is 1. The molecule has 0 radical (unpaired) electrons. The van der Waals surface area contributed by atoms with E-state index in [0.29, 0.717) is 31.6 Å². The number of likely N-dealkylation sites (tertiary alicyclic amines) is 1. The van der Waals surface area contributed by atoms with Crippen molar-refractivity contribution in [3.8, 4) is 0 Å². The molecule has 2 heterocycles. The molecule has 3 amide bonds. The molecule has 1 unspecified atom stereocenters. The van der Waals surface area contributed by atoms with Crippen LogP contribution < -0.4 is 5.32 Å². The fourth-order valence-electron chi connectivity index (χ4n) is 3.71. The summed E-state index contributed by atoms with van der Waals surface area (Å²) in [6.07, 6.45) is 0.0624. The minimum Gasteiger partial charge on any atom is -0.445 e. The van der Waals surface area contributed by atoms with Gasteiger partial charge in [0.05, 0.1) is 11.0 Å². The quantitative estimate of drug-likeness (QED) is 0.536. The molecular weight excluding hydrogens is 412 g/mol. The van der Waals surface area contributed by atoms with E-state index in [-0.39, 0.29) is 40.8 Å². The zero-order valence-electron chi connectivity index (χ0n) is 16.8. The largest absolute Gasteiger partial charge is 0.445 e. The third-order valence-electron chi connectivity index (χ3n) is 5.04. The van der Waals surface area contributed by atoms with Crippen LogP contribution in [-0.4, -0.2) is 68.9 Å². The van der Waals surface area contributed by atoms with Gasteiger partial charge in [0.1, 0.15) is 6.61 Å². The van der Waals surface area contributed by atoms with Crippen molar-refractivity contribution in [3.05, 3.63) is 39.9 Å². The number of nitrogens with zero attached hydrogens (tertiary/aromatic N) is 3. The molecule has 1 N–H and O–H groups in total. The number of nitro groups is 1. The molecule has 10 nitrogen and oxygen atoms in total. The molecule has 3 atom stereocenters. The van der Waals surface area contributed by atoms with Crippen LogP contribution in [-0.2, 0) is 16.1 Å². The minimum absolute atomic E-state index is 0.0209. The summed E-state index contributed by atoms with van der Waals surface area (Å²) in [5, 5.41) is 13.5. The predicted molar refractivity (Wildman–Crippen MR) is 110 cm³/mol. The Bertz CT molecular complexity index is 833. The molecule has 3 rings (SSSR count). The van der Waals surface area contributed by atoms with Crippen molar-refractivity contribution in [2.75, 3.05) is 19.6 Å². The number of nitro benzene ring substituents is 1. The molecule has 0 aromatic heterocycles. The van der Waals surface area contributed by atoms with Crippen LogP contribution in [0.1, 0.15) is 25.8 Å². The van der Waals surface area contributed by atoms with Gasteiger partial charge >= 0.3 is 12.1 Å². The van der Waals surface area contributed by atoms with E-state index in [9.17, 15) is 24.5 Å². The number of hydrogen-bond donors (Lipinski definition) is 1. The smallest absolute Gasteiger partial charge is 0.410 e. The molecule has 162 valence electrons. The Morgan fingerprint density at radius 1 is 1.30 bits per heavy atom. The van der Waals surface area contributed by atoms with Gasteiger partial charge < -0.3 is 19.9 Å². The molecule has 0 aliphatic carbocycles. The number of carbonyl (C=O) groups is 3. The van der Waals surface area contributed by atoms with Crippen LogP contribution in [0.5, 0.6) is 0 Å². The van der Waals surface area contributed by atoms with E-state index in [4.69, 9.17) is 4.74 Å². The lowest BCUT2D eigenvalue weighted by atomic mass is 10.2. The first-order chi connectivity index (χ1) is 14.2. The average molecular weight is 436 g/mol. The van der Waals surface area contributed by atoms with Crippen molar-refractivity contribution in [2.24, 2.45) is 0 Å². The summed E-state index contributed by atoms with van der Waals surface area (Å²) in [5.74, 6) is 0. The number of amides is 3. The standard InChI is InChI=1S/C19H24N4O6S/c1-12-8-21(18(25)20-12)9-16-7-17(30-13(2)24)10-22(16)19(26)29-11-14-3-5-15(6-4-14)23(27)28/h3-6,12,16-17H,7-11H2,1-2H3,(H,20,25)/t12?,16-,17-/m0/s1. The van der Waals surface area contributed by atoms with Crippen molar-refractivity contribution in [3.63, 3.8) is 0 Å². The first-order valence-electron chi connectivity index (χ1n) is 9.62. The van der Waals surface area contributed by atoms with Crippen LogP contribution in [0.25, 0.3) is 0 Å². The molecule has 1 aromatic rings. The highest BCUT2D eigenvalue weighted by atomic mass is 32.2. The van der Waals surface area contributed by atoms with E-state index in [1.165, 1.54) is 43.0 Å². The molecule has 0 saturated carbocycles. The molecule has 0 bridgehead atoms. The topological polar surface area (TPSA) is 122 Å². The summed E-state index contributed by atoms with van der Waals surface area (Å²) in [6.45, 7) is 4.68. The molecule has 0 spiro atoms. The molecular formula is C19H24N4O6S. The zero-order chi connectivity index (χ0) is 21.8. The normalized spacial score (nSPS) is 23.4. The number of non-ortho nitro benzene ring substituents is 1. The van der Waals surface area contributed by atoms with Gasteiger partial charge in [0.2, 0.25) is 0 Å². The minimum atomic E-state index is -0.530. The maximum atomic E-state index is 12.7. The van der Waals surface area contributed by atoms with Crippen molar-refractivity contribution in [1.82, 2.24) is 15.1 Å². The van der Waals surface area contributed by atoms with E-state index >= 15 is 0 Å². The number of urea groups is 1. The lowest BCUT2D eigenvalue weighted by Gasteiger charge is -2.27. The van der Waals surface area contributed by atoms with Crippen LogP contribution in [0, 0.1) is 10.1 Å². The molecule has 1 aromatic carbocycles. The lowest BCUT2D eigenvalue weighted by Crippen LogP contribution is -2.44. The Morgan fingerprint density at radius 2 is 2.00 bits per heavy atom. The highest BCUT2D eigenvalue weighted by molar-refractivity contribution is 8.14. The second-order valence-electron chi connectivity index (χ2n) is 7.51. The van der Waals surface area contributed by atoms with Gasteiger partial charge in [-0.1, -0.05) is 11.8 Å². The third-order valence-corrected chi connectivity index (χ3v) is 6.04. The Labute approximate surface area is 178 Å². The van der Waals surface area contributed by atoms with Gasteiger partial charge in [-0.15, -0.1) is 0 Å². The number of benzene rings is 1. The third kappa shape index (κ3) is 5.41. The number of hydrogen-bond acceptors (Lipinski definition) is 7. The highest BCUT2D eigenvalue weighted by Gasteiger charge is 2.40. The van der Waals surface area contributed by atoms with Gasteiger partial charge in [-0.25, -0.2) is 9.59 Å². The van der Waals surface area contributed by atoms with Crippen molar-refractivity contribution >= 4 is 34.7 Å². The van der Waals surface area contributed by atoms with Gasteiger partial charge in [-0.05, 0) is 31.0 Å². The Hall–Kier alpha value is -2.82. The van der Waals surface area contributed by atoms with E-state index in [2.05, 4.69) is 5.32 Å². The first kappa shape index (κ1) is 21.9. The van der Waals surface area contributed by atoms with Gasteiger partial charge in [-0.2, -0.15) is 0 Å². The average Bonchev–Trinajstić information content (AvgIpc) is 3.21. The molecule has 11 heteroatoms. The fourth-order valence-corrected chi connectivity index (χ4v) is 4.73. The van der Waals surface area contributed by atoms with E-state index in [1.54, 1.807) is 9.80 Å². The SMILES string of the molecule is CC(=O)S[C@H]1C[C@@H](CN2CC(C)NC2=O)N(C(=O)OCc2ccc([N+](=O)[O-])cc2)C1. The van der Waals surface area contributed by atoms with Crippen molar-refractivity contribution in [2.45, 2.75) is 44.2 Å². The van der Waals surface area contributed by atoms with Crippen LogP contribution >= 0.6 is 11.8 Å². The summed E-state index contributed by atoms with van der Waals surface area (Å²) >= 11 is 1.19. The number of nitrogens with one attached hydrogen (secondary N) is 1. The van der Waals surface area contributed by atoms with E-state index < -0.39 is 11.0 Å². The van der Waals surface area contributed by atoms with Crippen LogP contribution in [0.15, 0.2) is 24.3 Å². The highest BCUT2D eigenvalue weighted by Crippen LogP contribution is 2.30. The second kappa shape index (κ2) is 9.33. The summed E-state index contributed by atoms with van der Waals surface area (Å²) in [7, 11) is 0. The monoisotopic (exact) mass is 436 g/mol. The van der Waals surface area contributed by atoms with Crippen LogP contribution in [0.3, 0.4) is 0 Å². The predicted octanol–water partition coefficient (Wildman–Crippen LogP) is 2.37. The number of rotatable bonds is 6. The summed E-state index contributed by atoms with van der Waals surface area (Å²) < 4.78 is 5.41. The van der Waals surface area contributed by atoms with E-state index in [0.717, 1.165) is 0 Å². The number of ether oxygens (including phenoxy) is 1. The molecule has 2 aliphatic rings. The molecule has 2 aliphatic heterocycles. The van der Waals surface area contributed by atoms with Crippen LogP contribution in [0.4, 0.5) is 15.3 Å². The van der Waals surface area contributed by atoms with Gasteiger partial charge in [0.25, 0.3) is 5.69 Å². The Balaban J connectivity index is 1.63. The zero-order valence-corrected chi connectivity index (χ0v) is 17.6. The lowest BCUT2D eigenvalue weighted by molar-refractivity contribution is -0.384. The number of carbonyl (C=O) groups excluding carboxylic acids is 3. The Morgan fingerprint density at radius 3 is 2.57 bits per heavy atom. The van der Waals surface area contributed by atoms with Gasteiger partial charge in [0.15, 0.2) is 5.12 Å². The fraction of sp³-hybridized carbons (Fsp3) is 0.526. The second-order valence-corrected chi connectivity index (χ2v) is 8.98. The maximum absolute atomic E-state index is 12.7. The van der Waals surface area contributed by atoms with Gasteiger partial charge in [0, 0.05) is 50.0 Å². The summed E-state index contributed by atoms with van der Waals surface area (Å²) in [5.41, 5.74) is 0.596. The molecule has 2 fully saturated rings. The molecule has 2 saturated heterocycles. The Kier molecular flexibility index (Phi) is 6.80. The summed E-state index contributed by atoms with van der Waals surface area (Å²) in [4.78, 5) is 49.8. The van der Waals surface area contributed by atoms with E-state index in [1.807, 2.05) is 6.92 Å². The van der Waals surface area contributed by atoms with Crippen LogP contribution in [0.2, 0.25) is 0 Å². The van der Waals surface area contributed by atoms with Crippen molar-refractivity contribution in [1.29, 1.82) is 0 Å². The molecule has 30 heavy (non-hydrogen) atoms. The van der Waals surface area contributed by atoms with Gasteiger partial charge in [-0.3, -0.25) is 14.9 Å². The first-order valence-corrected chi connectivity index (χ1v) is 10.5. The maximum Gasteiger partial charge on any atom is 0.410 e. The van der Waals surface area contributed by atoms with Crippen molar-refractivity contribution < 1.29 is 24.0 Å². The summed E-state index contributed by atoms with van der Waals surface area (Å²) in [6, 6.07) is 5.42.